The topological polar surface area (TPSA) is 48.2 Å². The molecule has 0 saturated carbocycles. The summed E-state index contributed by atoms with van der Waals surface area (Å²) in [5.74, 6) is -0.351. The van der Waals surface area contributed by atoms with Gasteiger partial charge in [-0.25, -0.2) is 4.39 Å². The summed E-state index contributed by atoms with van der Waals surface area (Å²) >= 11 is 11.8. The van der Waals surface area contributed by atoms with Crippen molar-refractivity contribution in [3.05, 3.63) is 50.8 Å². The predicted molar refractivity (Wildman–Crippen MR) is 112 cm³/mol. The van der Waals surface area contributed by atoms with E-state index < -0.39 is 5.41 Å². The molecule has 1 amide bonds. The molecule has 8 heteroatoms. The van der Waals surface area contributed by atoms with Crippen LogP contribution in [0.25, 0.3) is 0 Å². The number of aromatic nitrogens is 2. The van der Waals surface area contributed by atoms with Crippen molar-refractivity contribution >= 4 is 29.7 Å². The molecule has 2 aromatic rings. The van der Waals surface area contributed by atoms with E-state index in [9.17, 15) is 9.18 Å². The third kappa shape index (κ3) is 3.43. The molecule has 1 fully saturated rings. The zero-order chi connectivity index (χ0) is 20.9. The van der Waals surface area contributed by atoms with Gasteiger partial charge in [-0.15, -0.1) is 0 Å². The van der Waals surface area contributed by atoms with Gasteiger partial charge in [0.1, 0.15) is 5.82 Å². The highest BCUT2D eigenvalue weighted by atomic mass is 35.5. The molecule has 1 N–H and O–H groups in total. The average Bonchev–Trinajstić information content (AvgIpc) is 3.33. The highest BCUT2D eigenvalue weighted by molar-refractivity contribution is 7.71. The first-order valence-electron chi connectivity index (χ1n) is 9.83. The lowest BCUT2D eigenvalue weighted by Gasteiger charge is -2.30. The summed E-state index contributed by atoms with van der Waals surface area (Å²) in [6.45, 7) is 5.89. The summed E-state index contributed by atoms with van der Waals surface area (Å²) in [4.78, 5) is 12.7. The van der Waals surface area contributed by atoms with E-state index in [0.717, 1.165) is 17.8 Å². The van der Waals surface area contributed by atoms with Gasteiger partial charge < -0.3 is 19.2 Å². The van der Waals surface area contributed by atoms with Gasteiger partial charge in [-0.3, -0.25) is 4.79 Å². The second-order valence-electron chi connectivity index (χ2n) is 8.33. The lowest BCUT2D eigenvalue weighted by atomic mass is 9.73. The minimum Gasteiger partial charge on any atom is -0.379 e. The Bertz CT molecular complexity index is 1030. The third-order valence-corrected chi connectivity index (χ3v) is 7.26. The molecule has 1 aromatic heterocycles. The van der Waals surface area contributed by atoms with Gasteiger partial charge in [0.25, 0.3) is 0 Å². The normalized spacial score (nSPS) is 26.0. The number of amides is 1. The van der Waals surface area contributed by atoms with Crippen LogP contribution in [0.3, 0.4) is 0 Å². The van der Waals surface area contributed by atoms with Crippen LogP contribution in [0.5, 0.6) is 0 Å². The van der Waals surface area contributed by atoms with Crippen molar-refractivity contribution in [1.82, 2.24) is 14.5 Å². The number of nitrogens with one attached hydrogen (secondary N) is 1. The number of nitrogens with zero attached hydrogens (tertiary/aromatic N) is 2. The van der Waals surface area contributed by atoms with Gasteiger partial charge in [0.05, 0.1) is 19.1 Å². The Kier molecular flexibility index (Phi) is 5.34. The van der Waals surface area contributed by atoms with E-state index in [1.54, 1.807) is 12.1 Å². The lowest BCUT2D eigenvalue weighted by Crippen LogP contribution is -2.36. The van der Waals surface area contributed by atoms with Gasteiger partial charge in [0.2, 0.25) is 5.91 Å². The summed E-state index contributed by atoms with van der Waals surface area (Å²) in [6.07, 6.45) is 1.07. The van der Waals surface area contributed by atoms with Crippen LogP contribution in [-0.2, 0) is 35.0 Å². The van der Waals surface area contributed by atoms with Crippen LogP contribution in [0.1, 0.15) is 43.1 Å². The van der Waals surface area contributed by atoms with Crippen molar-refractivity contribution in [3.8, 4) is 0 Å². The van der Waals surface area contributed by atoms with Crippen LogP contribution in [0.15, 0.2) is 18.2 Å². The fourth-order valence-electron chi connectivity index (χ4n) is 4.67. The standard InChI is InChI=1S/C21H25ClFN3O2S/c1-12-19-17(9-18(27)24-14-6-7-28-10-14)25(3)20(29)26(19)11-21(12,2)15-8-13(22)4-5-16(15)23/h4-5,8,12,14H,6-7,9-11H2,1-3H3,(H,24,27)/t12-,14-,21-/m0/s1. The smallest absolute Gasteiger partial charge is 0.226 e. The van der Waals surface area contributed by atoms with Crippen LogP contribution in [0, 0.1) is 10.6 Å². The number of carbonyl (C=O) groups is 1. The Balaban J connectivity index is 1.68. The SMILES string of the molecule is C[C@H]1c2c(CC(=O)N[C@H]3CCOC3)n(C)c(=S)n2C[C@]1(C)c1cc(Cl)ccc1F. The molecule has 0 unspecified atom stereocenters. The van der Waals surface area contributed by atoms with Crippen molar-refractivity contribution in [2.24, 2.45) is 7.05 Å². The summed E-state index contributed by atoms with van der Waals surface area (Å²) in [5.41, 5.74) is 1.95. The minimum atomic E-state index is -0.503. The second-order valence-corrected chi connectivity index (χ2v) is 9.13. The Morgan fingerprint density at radius 3 is 2.93 bits per heavy atom. The van der Waals surface area contributed by atoms with Gasteiger partial charge in [0.15, 0.2) is 4.77 Å². The number of benzene rings is 1. The molecule has 3 heterocycles. The monoisotopic (exact) mass is 437 g/mol. The van der Waals surface area contributed by atoms with Crippen molar-refractivity contribution in [2.75, 3.05) is 13.2 Å². The first-order chi connectivity index (χ1) is 13.7. The molecule has 29 heavy (non-hydrogen) atoms. The van der Waals surface area contributed by atoms with Crippen molar-refractivity contribution in [1.29, 1.82) is 0 Å². The van der Waals surface area contributed by atoms with Crippen LogP contribution in [-0.4, -0.2) is 34.3 Å². The van der Waals surface area contributed by atoms with Crippen LogP contribution in [0.4, 0.5) is 4.39 Å². The predicted octanol–water partition coefficient (Wildman–Crippen LogP) is 3.87. The summed E-state index contributed by atoms with van der Waals surface area (Å²) < 4.78 is 24.6. The molecule has 1 aromatic carbocycles. The molecule has 0 bridgehead atoms. The van der Waals surface area contributed by atoms with E-state index >= 15 is 0 Å². The molecule has 2 aliphatic heterocycles. The fourth-order valence-corrected chi connectivity index (χ4v) is 5.12. The van der Waals surface area contributed by atoms with Gasteiger partial charge in [-0.1, -0.05) is 25.4 Å². The van der Waals surface area contributed by atoms with Crippen LogP contribution in [0.2, 0.25) is 5.02 Å². The number of halogens is 2. The number of hydrogen-bond donors (Lipinski definition) is 1. The van der Waals surface area contributed by atoms with E-state index in [0.29, 0.717) is 35.1 Å². The Labute approximate surface area is 179 Å². The Morgan fingerprint density at radius 1 is 1.48 bits per heavy atom. The number of fused-ring (bicyclic) bond motifs is 1. The molecule has 0 spiro atoms. The molecule has 156 valence electrons. The van der Waals surface area contributed by atoms with E-state index in [1.807, 2.05) is 23.1 Å². The maximum absolute atomic E-state index is 14.7. The molecule has 1 saturated heterocycles. The Hall–Kier alpha value is -1.70. The largest absolute Gasteiger partial charge is 0.379 e. The van der Waals surface area contributed by atoms with E-state index in [2.05, 4.69) is 12.2 Å². The maximum atomic E-state index is 14.7. The highest BCUT2D eigenvalue weighted by Gasteiger charge is 2.46. The van der Waals surface area contributed by atoms with Gasteiger partial charge in [-0.2, -0.15) is 0 Å². The summed E-state index contributed by atoms with van der Waals surface area (Å²) in [7, 11) is 1.89. The van der Waals surface area contributed by atoms with Gasteiger partial charge >= 0.3 is 0 Å². The number of rotatable bonds is 4. The maximum Gasteiger partial charge on any atom is 0.226 e. The van der Waals surface area contributed by atoms with E-state index in [4.69, 9.17) is 28.6 Å². The van der Waals surface area contributed by atoms with Crippen molar-refractivity contribution in [3.63, 3.8) is 0 Å². The number of ether oxygens (including phenoxy) is 1. The van der Waals surface area contributed by atoms with Crippen molar-refractivity contribution in [2.45, 2.75) is 50.6 Å². The molecule has 2 aliphatic rings. The summed E-state index contributed by atoms with van der Waals surface area (Å²) in [5, 5.41) is 3.55. The molecular weight excluding hydrogens is 413 g/mol. The van der Waals surface area contributed by atoms with Crippen LogP contribution < -0.4 is 5.32 Å². The number of hydrogen-bond acceptors (Lipinski definition) is 3. The number of carbonyl (C=O) groups excluding carboxylic acids is 1. The average molecular weight is 438 g/mol. The number of imidazole rings is 1. The zero-order valence-corrected chi connectivity index (χ0v) is 18.4. The summed E-state index contributed by atoms with van der Waals surface area (Å²) in [6, 6.07) is 4.74. The lowest BCUT2D eigenvalue weighted by molar-refractivity contribution is -0.121. The molecule has 3 atom stereocenters. The first-order valence-corrected chi connectivity index (χ1v) is 10.6. The second kappa shape index (κ2) is 7.52. The Morgan fingerprint density at radius 2 is 2.24 bits per heavy atom. The van der Waals surface area contributed by atoms with Gasteiger partial charge in [-0.05, 0) is 42.4 Å². The van der Waals surface area contributed by atoms with Gasteiger partial charge in [0, 0.05) is 47.9 Å². The molecule has 5 nitrogen and oxygen atoms in total. The van der Waals surface area contributed by atoms with Crippen LogP contribution >= 0.6 is 23.8 Å². The molecule has 0 aliphatic carbocycles. The quantitative estimate of drug-likeness (QED) is 0.738. The molecule has 4 rings (SSSR count). The van der Waals surface area contributed by atoms with E-state index in [1.165, 1.54) is 6.07 Å². The molecule has 0 radical (unpaired) electrons. The molecular formula is C21H25ClFN3O2S. The van der Waals surface area contributed by atoms with E-state index in [-0.39, 0.29) is 30.1 Å². The zero-order valence-electron chi connectivity index (χ0n) is 16.8. The first kappa shape index (κ1) is 20.6. The third-order valence-electron chi connectivity index (χ3n) is 6.53. The minimum absolute atomic E-state index is 0.0315. The van der Waals surface area contributed by atoms with Crippen molar-refractivity contribution < 1.29 is 13.9 Å². The fraction of sp³-hybridized carbons (Fsp3) is 0.524. The highest BCUT2D eigenvalue weighted by Crippen LogP contribution is 2.48.